The van der Waals surface area contributed by atoms with Crippen molar-refractivity contribution in [2.75, 3.05) is 6.54 Å². The van der Waals surface area contributed by atoms with Crippen molar-refractivity contribution in [3.05, 3.63) is 0 Å². The molecule has 0 aliphatic carbocycles. The minimum absolute atomic E-state index is 0.470. The molecule has 0 aromatic rings. The third-order valence-electron chi connectivity index (χ3n) is 1.66. The molecule has 0 aliphatic heterocycles. The Labute approximate surface area is 81.1 Å². The van der Waals surface area contributed by atoms with Gasteiger partial charge in [0.2, 0.25) is 0 Å². The first-order chi connectivity index (χ1) is 5.56. The minimum Gasteiger partial charge on any atom is -0.362 e. The molecule has 0 aliphatic rings. The molecule has 1 atom stereocenters. The molecule has 0 saturated carbocycles. The van der Waals surface area contributed by atoms with E-state index in [1.165, 1.54) is 0 Å². The van der Waals surface area contributed by atoms with Gasteiger partial charge in [-0.15, -0.1) is 0 Å². The van der Waals surface area contributed by atoms with Crippen LogP contribution in [0, 0.1) is 5.92 Å². The standard InChI is InChI=1S/C9H20N2S/c1-5-8(4)11-9(12)10-6-7(2)3/h7-8H,5-6H2,1-4H3,(H2,10,11,12)/t8-/m1/s1. The number of rotatable bonds is 4. The summed E-state index contributed by atoms with van der Waals surface area (Å²) in [7, 11) is 0. The average molecular weight is 188 g/mol. The monoisotopic (exact) mass is 188 g/mol. The van der Waals surface area contributed by atoms with E-state index in [-0.39, 0.29) is 0 Å². The van der Waals surface area contributed by atoms with Crippen LogP contribution in [0.1, 0.15) is 34.1 Å². The first-order valence-electron chi connectivity index (χ1n) is 4.60. The molecule has 0 aromatic carbocycles. The highest BCUT2D eigenvalue weighted by Gasteiger charge is 2.00. The molecule has 0 bridgehead atoms. The zero-order valence-electron chi connectivity index (χ0n) is 8.48. The van der Waals surface area contributed by atoms with E-state index in [2.05, 4.69) is 38.3 Å². The SMILES string of the molecule is CC[C@@H](C)NC(=S)NCC(C)C. The van der Waals surface area contributed by atoms with Crippen LogP contribution in [-0.2, 0) is 0 Å². The third kappa shape index (κ3) is 6.40. The van der Waals surface area contributed by atoms with Gasteiger partial charge in [-0.2, -0.15) is 0 Å². The quantitative estimate of drug-likeness (QED) is 0.659. The zero-order valence-corrected chi connectivity index (χ0v) is 9.29. The van der Waals surface area contributed by atoms with E-state index < -0.39 is 0 Å². The summed E-state index contributed by atoms with van der Waals surface area (Å²) in [6.07, 6.45) is 1.10. The second kappa shape index (κ2) is 6.23. The number of hydrogen-bond donors (Lipinski definition) is 2. The van der Waals surface area contributed by atoms with Crippen LogP contribution in [-0.4, -0.2) is 17.7 Å². The molecule has 2 N–H and O–H groups in total. The van der Waals surface area contributed by atoms with Gasteiger partial charge in [0.05, 0.1) is 0 Å². The van der Waals surface area contributed by atoms with E-state index in [4.69, 9.17) is 12.2 Å². The number of thiocarbonyl (C=S) groups is 1. The Morgan fingerprint density at radius 3 is 2.33 bits per heavy atom. The molecule has 0 amide bonds. The maximum Gasteiger partial charge on any atom is 0.166 e. The van der Waals surface area contributed by atoms with Crippen molar-refractivity contribution in [3.63, 3.8) is 0 Å². The lowest BCUT2D eigenvalue weighted by molar-refractivity contribution is 0.595. The van der Waals surface area contributed by atoms with E-state index in [0.717, 1.165) is 18.1 Å². The van der Waals surface area contributed by atoms with Gasteiger partial charge >= 0.3 is 0 Å². The highest BCUT2D eigenvalue weighted by molar-refractivity contribution is 7.80. The van der Waals surface area contributed by atoms with E-state index in [1.807, 2.05) is 0 Å². The summed E-state index contributed by atoms with van der Waals surface area (Å²) in [6.45, 7) is 9.55. The van der Waals surface area contributed by atoms with Crippen LogP contribution >= 0.6 is 12.2 Å². The third-order valence-corrected chi connectivity index (χ3v) is 1.92. The Bertz CT molecular complexity index is 134. The van der Waals surface area contributed by atoms with E-state index in [0.29, 0.717) is 12.0 Å². The molecule has 0 aromatic heterocycles. The van der Waals surface area contributed by atoms with Gasteiger partial charge in [0.15, 0.2) is 5.11 Å². The van der Waals surface area contributed by atoms with Crippen molar-refractivity contribution in [3.8, 4) is 0 Å². The summed E-state index contributed by atoms with van der Waals surface area (Å²) in [4.78, 5) is 0. The van der Waals surface area contributed by atoms with Crippen molar-refractivity contribution in [1.29, 1.82) is 0 Å². The summed E-state index contributed by atoms with van der Waals surface area (Å²) < 4.78 is 0. The highest BCUT2D eigenvalue weighted by atomic mass is 32.1. The maximum atomic E-state index is 5.09. The fraction of sp³-hybridized carbons (Fsp3) is 0.889. The van der Waals surface area contributed by atoms with Gasteiger partial charge in [-0.3, -0.25) is 0 Å². The van der Waals surface area contributed by atoms with Crippen LogP contribution in [0.5, 0.6) is 0 Å². The molecule has 0 saturated heterocycles. The Morgan fingerprint density at radius 1 is 1.33 bits per heavy atom. The fourth-order valence-corrected chi connectivity index (χ4v) is 0.958. The summed E-state index contributed by atoms with van der Waals surface area (Å²) in [5, 5.41) is 7.15. The van der Waals surface area contributed by atoms with Gasteiger partial charge in [0.25, 0.3) is 0 Å². The summed E-state index contributed by atoms with van der Waals surface area (Å²) >= 11 is 5.09. The molecule has 0 heterocycles. The topological polar surface area (TPSA) is 24.1 Å². The van der Waals surface area contributed by atoms with Gasteiger partial charge in [-0.25, -0.2) is 0 Å². The molecule has 3 heteroatoms. The average Bonchev–Trinajstić information content (AvgIpc) is 2.00. The van der Waals surface area contributed by atoms with Crippen molar-refractivity contribution in [2.24, 2.45) is 5.92 Å². The predicted molar refractivity (Wildman–Crippen MR) is 58.3 cm³/mol. The number of hydrogen-bond acceptors (Lipinski definition) is 1. The maximum absolute atomic E-state index is 5.09. The molecule has 2 nitrogen and oxygen atoms in total. The smallest absolute Gasteiger partial charge is 0.166 e. The van der Waals surface area contributed by atoms with Crippen LogP contribution in [0.2, 0.25) is 0 Å². The van der Waals surface area contributed by atoms with Gasteiger partial charge in [-0.05, 0) is 31.5 Å². The Morgan fingerprint density at radius 2 is 1.92 bits per heavy atom. The molecule has 72 valence electrons. The number of nitrogens with one attached hydrogen (secondary N) is 2. The van der Waals surface area contributed by atoms with Gasteiger partial charge < -0.3 is 10.6 Å². The van der Waals surface area contributed by atoms with Gasteiger partial charge in [0, 0.05) is 12.6 Å². The molecular formula is C9H20N2S. The molecular weight excluding hydrogens is 168 g/mol. The van der Waals surface area contributed by atoms with Gasteiger partial charge in [-0.1, -0.05) is 20.8 Å². The first-order valence-corrected chi connectivity index (χ1v) is 5.01. The van der Waals surface area contributed by atoms with Gasteiger partial charge in [0.1, 0.15) is 0 Å². The molecule has 0 unspecified atom stereocenters. The predicted octanol–water partition coefficient (Wildman–Crippen LogP) is 1.91. The zero-order chi connectivity index (χ0) is 9.56. The largest absolute Gasteiger partial charge is 0.362 e. The highest BCUT2D eigenvalue weighted by Crippen LogP contribution is 1.89. The summed E-state index contributed by atoms with van der Waals surface area (Å²) in [6, 6.07) is 0.470. The molecule has 0 radical (unpaired) electrons. The van der Waals surface area contributed by atoms with Crippen LogP contribution in [0.25, 0.3) is 0 Å². The van der Waals surface area contributed by atoms with Crippen LogP contribution in [0.15, 0.2) is 0 Å². The van der Waals surface area contributed by atoms with E-state index >= 15 is 0 Å². The normalized spacial score (nSPS) is 12.8. The lowest BCUT2D eigenvalue weighted by Gasteiger charge is -2.16. The lowest BCUT2D eigenvalue weighted by Crippen LogP contribution is -2.41. The van der Waals surface area contributed by atoms with E-state index in [1.54, 1.807) is 0 Å². The molecule has 0 spiro atoms. The molecule has 0 rings (SSSR count). The molecule has 0 fully saturated rings. The van der Waals surface area contributed by atoms with Crippen molar-refractivity contribution in [1.82, 2.24) is 10.6 Å². The first kappa shape index (κ1) is 11.7. The summed E-state index contributed by atoms with van der Waals surface area (Å²) in [5.41, 5.74) is 0. The lowest BCUT2D eigenvalue weighted by atomic mass is 10.2. The van der Waals surface area contributed by atoms with Crippen LogP contribution in [0.3, 0.4) is 0 Å². The van der Waals surface area contributed by atoms with Crippen molar-refractivity contribution < 1.29 is 0 Å². The Hall–Kier alpha value is -0.310. The van der Waals surface area contributed by atoms with Crippen LogP contribution in [0.4, 0.5) is 0 Å². The Kier molecular flexibility index (Phi) is 6.07. The van der Waals surface area contributed by atoms with Crippen molar-refractivity contribution in [2.45, 2.75) is 40.2 Å². The van der Waals surface area contributed by atoms with Crippen molar-refractivity contribution >= 4 is 17.3 Å². The Balaban J connectivity index is 3.46. The van der Waals surface area contributed by atoms with E-state index in [9.17, 15) is 0 Å². The molecule has 12 heavy (non-hydrogen) atoms. The van der Waals surface area contributed by atoms with Crippen LogP contribution < -0.4 is 10.6 Å². The second-order valence-electron chi connectivity index (χ2n) is 3.56. The fourth-order valence-electron chi connectivity index (χ4n) is 0.674. The second-order valence-corrected chi connectivity index (χ2v) is 3.97. The minimum atomic E-state index is 0.470. The summed E-state index contributed by atoms with van der Waals surface area (Å²) in [5.74, 6) is 0.640.